The summed E-state index contributed by atoms with van der Waals surface area (Å²) >= 11 is 0. The number of imide groups is 1. The number of amides is 2. The third kappa shape index (κ3) is 3.52. The van der Waals surface area contributed by atoms with Crippen molar-refractivity contribution in [2.75, 3.05) is 6.54 Å². The maximum Gasteiger partial charge on any atom is 0.334 e. The Balaban J connectivity index is 2.22. The van der Waals surface area contributed by atoms with Gasteiger partial charge >= 0.3 is 5.97 Å². The van der Waals surface area contributed by atoms with E-state index in [9.17, 15) is 19.2 Å². The maximum atomic E-state index is 12.3. The summed E-state index contributed by atoms with van der Waals surface area (Å²) in [6, 6.07) is 5.04. The first-order chi connectivity index (χ1) is 10.7. The predicted octanol–water partition coefficient (Wildman–Crippen LogP) is 1.33. The Morgan fingerprint density at radius 2 is 1.74 bits per heavy atom. The van der Waals surface area contributed by atoms with Crippen LogP contribution in [0.15, 0.2) is 29.3 Å². The highest BCUT2D eigenvalue weighted by Crippen LogP contribution is 2.23. The van der Waals surface area contributed by atoms with Gasteiger partial charge in [0.25, 0.3) is 11.8 Å². The molecule has 1 aromatic carbocycles. The number of isocyanates is 1. The van der Waals surface area contributed by atoms with Gasteiger partial charge in [-0.15, -0.1) is 0 Å². The summed E-state index contributed by atoms with van der Waals surface area (Å²) in [4.78, 5) is 51.4. The zero-order valence-electron chi connectivity index (χ0n) is 13.0. The molecule has 0 spiro atoms. The molecule has 1 aliphatic heterocycles. The molecular weight excluding hydrogens is 300 g/mol. The molecule has 0 aromatic heterocycles. The smallest absolute Gasteiger partial charge is 0.334 e. The van der Waals surface area contributed by atoms with Crippen molar-refractivity contribution in [2.24, 2.45) is 4.99 Å². The lowest BCUT2D eigenvalue weighted by Gasteiger charge is -2.23. The Labute approximate surface area is 132 Å². The zero-order chi connectivity index (χ0) is 17.2. The number of nitrogens with zero attached hydrogens (tertiary/aromatic N) is 2. The number of esters is 1. The minimum absolute atomic E-state index is 0.260. The summed E-state index contributed by atoms with van der Waals surface area (Å²) in [6.45, 7) is 4.62. The highest BCUT2D eigenvalue weighted by atomic mass is 16.6. The van der Waals surface area contributed by atoms with Crippen LogP contribution in [0.3, 0.4) is 0 Å². The molecule has 0 bridgehead atoms. The highest BCUT2D eigenvalue weighted by Gasteiger charge is 2.38. The zero-order valence-corrected chi connectivity index (χ0v) is 13.0. The summed E-state index contributed by atoms with van der Waals surface area (Å²) in [5.74, 6) is -1.85. The molecule has 23 heavy (non-hydrogen) atoms. The van der Waals surface area contributed by atoms with E-state index in [1.54, 1.807) is 32.9 Å². The van der Waals surface area contributed by atoms with Crippen LogP contribution in [0.4, 0.5) is 0 Å². The molecular formula is C16H16N2O5. The van der Waals surface area contributed by atoms with E-state index in [2.05, 4.69) is 4.99 Å². The molecule has 7 nitrogen and oxygen atoms in total. The van der Waals surface area contributed by atoms with Gasteiger partial charge < -0.3 is 4.74 Å². The summed E-state index contributed by atoms with van der Waals surface area (Å²) < 4.78 is 5.15. The van der Waals surface area contributed by atoms with Crippen molar-refractivity contribution < 1.29 is 23.9 Å². The maximum absolute atomic E-state index is 12.3. The van der Waals surface area contributed by atoms with Crippen LogP contribution < -0.4 is 0 Å². The number of hydrogen-bond acceptors (Lipinski definition) is 6. The van der Waals surface area contributed by atoms with Gasteiger partial charge in [0.1, 0.15) is 5.60 Å². The molecule has 0 N–H and O–H groups in total. The van der Waals surface area contributed by atoms with Gasteiger partial charge in [0.2, 0.25) is 6.08 Å². The number of fused-ring (bicyclic) bond motifs is 1. The first-order valence-corrected chi connectivity index (χ1v) is 6.99. The topological polar surface area (TPSA) is 93.1 Å². The number of ether oxygens (including phenoxy) is 1. The number of carbonyl (C=O) groups excluding carboxylic acids is 4. The van der Waals surface area contributed by atoms with Crippen LogP contribution >= 0.6 is 0 Å². The van der Waals surface area contributed by atoms with Gasteiger partial charge in [0.05, 0.1) is 17.7 Å². The quantitative estimate of drug-likeness (QED) is 0.361. The molecule has 0 radical (unpaired) electrons. The highest BCUT2D eigenvalue weighted by molar-refractivity contribution is 6.21. The second-order valence-corrected chi connectivity index (χ2v) is 6.04. The Morgan fingerprint density at radius 3 is 2.17 bits per heavy atom. The van der Waals surface area contributed by atoms with E-state index in [-0.39, 0.29) is 17.7 Å². The fourth-order valence-electron chi connectivity index (χ4n) is 2.18. The SMILES string of the molecule is CC(C)(C)OC(=O)[C@@H](CN1C(=O)c2ccccc2C1=O)N=C=O. The standard InChI is InChI=1S/C16H16N2O5/c1-16(2,3)23-15(22)12(17-9-19)8-18-13(20)10-6-4-5-7-11(10)14(18)21/h4-7,12H,8H2,1-3H3/t12-/m1/s1. The van der Waals surface area contributed by atoms with Crippen molar-refractivity contribution in [3.05, 3.63) is 35.4 Å². The number of hydrogen-bond donors (Lipinski definition) is 0. The Hall–Kier alpha value is -2.79. The molecule has 1 heterocycles. The second-order valence-electron chi connectivity index (χ2n) is 6.04. The predicted molar refractivity (Wildman–Crippen MR) is 79.6 cm³/mol. The van der Waals surface area contributed by atoms with Crippen molar-refractivity contribution in [3.63, 3.8) is 0 Å². The van der Waals surface area contributed by atoms with Crippen LogP contribution in [0.5, 0.6) is 0 Å². The molecule has 0 fully saturated rings. The average molecular weight is 316 g/mol. The van der Waals surface area contributed by atoms with E-state index in [4.69, 9.17) is 4.74 Å². The number of benzene rings is 1. The molecule has 2 rings (SSSR count). The van der Waals surface area contributed by atoms with E-state index in [0.717, 1.165) is 4.90 Å². The fourth-order valence-corrected chi connectivity index (χ4v) is 2.18. The molecule has 1 atom stereocenters. The van der Waals surface area contributed by atoms with Crippen LogP contribution in [-0.4, -0.2) is 47.0 Å². The first-order valence-electron chi connectivity index (χ1n) is 6.99. The van der Waals surface area contributed by atoms with Gasteiger partial charge in [0, 0.05) is 0 Å². The monoisotopic (exact) mass is 316 g/mol. The normalized spacial score (nSPS) is 15.0. The Kier molecular flexibility index (Phi) is 4.43. The van der Waals surface area contributed by atoms with Crippen molar-refractivity contribution in [2.45, 2.75) is 32.4 Å². The van der Waals surface area contributed by atoms with Crippen molar-refractivity contribution in [1.29, 1.82) is 0 Å². The Bertz CT molecular complexity index is 678. The lowest BCUT2D eigenvalue weighted by atomic mass is 10.1. The lowest BCUT2D eigenvalue weighted by Crippen LogP contribution is -2.42. The first kappa shape index (κ1) is 16.6. The fraction of sp³-hybridized carbons (Fsp3) is 0.375. The molecule has 0 aliphatic carbocycles. The van der Waals surface area contributed by atoms with Gasteiger partial charge in [0.15, 0.2) is 6.04 Å². The van der Waals surface area contributed by atoms with Gasteiger partial charge in [-0.1, -0.05) is 12.1 Å². The summed E-state index contributed by atoms with van der Waals surface area (Å²) in [6.07, 6.45) is 1.28. The van der Waals surface area contributed by atoms with Crippen molar-refractivity contribution >= 4 is 23.9 Å². The van der Waals surface area contributed by atoms with Crippen LogP contribution in [0.2, 0.25) is 0 Å². The second kappa shape index (κ2) is 6.14. The Morgan fingerprint density at radius 1 is 1.22 bits per heavy atom. The van der Waals surface area contributed by atoms with E-state index >= 15 is 0 Å². The van der Waals surface area contributed by atoms with Crippen LogP contribution in [0.1, 0.15) is 41.5 Å². The van der Waals surface area contributed by atoms with Crippen molar-refractivity contribution in [3.8, 4) is 0 Å². The summed E-state index contributed by atoms with van der Waals surface area (Å²) in [7, 11) is 0. The number of rotatable bonds is 4. The third-order valence-electron chi connectivity index (χ3n) is 3.12. The lowest BCUT2D eigenvalue weighted by molar-refractivity contribution is -0.156. The third-order valence-corrected chi connectivity index (χ3v) is 3.12. The molecule has 0 saturated heterocycles. The average Bonchev–Trinajstić information content (AvgIpc) is 2.70. The number of aliphatic imine (C=N–C) groups is 1. The molecule has 0 saturated carbocycles. The summed E-state index contributed by atoms with van der Waals surface area (Å²) in [5.41, 5.74) is -0.263. The minimum Gasteiger partial charge on any atom is -0.458 e. The van der Waals surface area contributed by atoms with Gasteiger partial charge in [-0.25, -0.2) is 9.59 Å². The molecule has 0 unspecified atom stereocenters. The van der Waals surface area contributed by atoms with Gasteiger partial charge in [-0.3, -0.25) is 14.5 Å². The van der Waals surface area contributed by atoms with E-state index in [1.807, 2.05) is 0 Å². The summed E-state index contributed by atoms with van der Waals surface area (Å²) in [5, 5.41) is 0. The van der Waals surface area contributed by atoms with Crippen LogP contribution in [0, 0.1) is 0 Å². The van der Waals surface area contributed by atoms with Crippen molar-refractivity contribution in [1.82, 2.24) is 4.90 Å². The van der Waals surface area contributed by atoms with Gasteiger partial charge in [-0.2, -0.15) is 4.99 Å². The molecule has 2 amide bonds. The molecule has 1 aromatic rings. The largest absolute Gasteiger partial charge is 0.458 e. The van der Waals surface area contributed by atoms with E-state index in [1.165, 1.54) is 18.2 Å². The van der Waals surface area contributed by atoms with Crippen LogP contribution in [0.25, 0.3) is 0 Å². The molecule has 1 aliphatic rings. The van der Waals surface area contributed by atoms with E-state index in [0.29, 0.717) is 0 Å². The van der Waals surface area contributed by atoms with Crippen LogP contribution in [-0.2, 0) is 14.3 Å². The molecule has 120 valence electrons. The number of carbonyl (C=O) groups is 3. The van der Waals surface area contributed by atoms with Gasteiger partial charge in [-0.05, 0) is 32.9 Å². The molecule has 7 heteroatoms. The van der Waals surface area contributed by atoms with E-state index < -0.39 is 29.4 Å². The minimum atomic E-state index is -1.30.